The molecule has 0 atom stereocenters. The zero-order valence-electron chi connectivity index (χ0n) is 16.7. The first-order valence-electron chi connectivity index (χ1n) is 9.46. The van der Waals surface area contributed by atoms with Gasteiger partial charge in [0.15, 0.2) is 0 Å². The van der Waals surface area contributed by atoms with Gasteiger partial charge in [0.2, 0.25) is 0 Å². The van der Waals surface area contributed by atoms with E-state index >= 15 is 0 Å². The van der Waals surface area contributed by atoms with Crippen molar-refractivity contribution in [3.05, 3.63) is 71.7 Å². The van der Waals surface area contributed by atoms with Gasteiger partial charge in [0.1, 0.15) is 11.6 Å². The Hall–Kier alpha value is -3.39. The maximum absolute atomic E-state index is 14.8. The summed E-state index contributed by atoms with van der Waals surface area (Å²) >= 11 is 0. The van der Waals surface area contributed by atoms with Gasteiger partial charge in [-0.3, -0.25) is 9.97 Å². The Morgan fingerprint density at radius 1 is 1.07 bits per heavy atom. The number of pyridine rings is 3. The van der Waals surface area contributed by atoms with E-state index in [0.29, 0.717) is 33.8 Å². The first kappa shape index (κ1) is 19.9. The maximum atomic E-state index is 14.8. The number of nitrogens with zero attached hydrogens (tertiary/aromatic N) is 3. The van der Waals surface area contributed by atoms with Crippen molar-refractivity contribution < 1.29 is 13.8 Å². The highest BCUT2D eigenvalue weighted by atomic mass is 19.1. The van der Waals surface area contributed by atoms with Gasteiger partial charge in [0, 0.05) is 30.1 Å². The Balaban J connectivity index is 1.97. The van der Waals surface area contributed by atoms with E-state index < -0.39 is 18.6 Å². The first-order chi connectivity index (χ1) is 14.3. The molecule has 3 aromatic heterocycles. The van der Waals surface area contributed by atoms with E-state index in [2.05, 4.69) is 20.3 Å². The molecule has 150 valence electrons. The molecule has 0 aliphatic rings. The van der Waals surface area contributed by atoms with Crippen LogP contribution in [-0.4, -0.2) is 26.9 Å². The standard InChI is InChI=1S/C22H19BF2N4O/c1-12-4-5-27-19(6-12)21-13(2)22(20-17(25)8-15(24)9-18(20)29-21)28-16-7-14(23(3)30)10-26-11-16/h4-11,30H,1-3H3,(H,28,29). The molecule has 1 aromatic carbocycles. The highest BCUT2D eigenvalue weighted by Crippen LogP contribution is 2.36. The number of rotatable bonds is 4. The van der Waals surface area contributed by atoms with E-state index in [-0.39, 0.29) is 10.9 Å². The zero-order valence-corrected chi connectivity index (χ0v) is 16.7. The van der Waals surface area contributed by atoms with Gasteiger partial charge in [-0.25, -0.2) is 13.8 Å². The number of nitrogens with one attached hydrogen (secondary N) is 1. The fourth-order valence-corrected chi connectivity index (χ4v) is 3.38. The van der Waals surface area contributed by atoms with Crippen LogP contribution < -0.4 is 10.8 Å². The summed E-state index contributed by atoms with van der Waals surface area (Å²) in [6, 6.07) is 7.51. The molecule has 0 unspecified atom stereocenters. The lowest BCUT2D eigenvalue weighted by atomic mass is 9.65. The molecule has 5 nitrogen and oxygen atoms in total. The Morgan fingerprint density at radius 3 is 2.60 bits per heavy atom. The normalized spacial score (nSPS) is 11.0. The van der Waals surface area contributed by atoms with Crippen molar-refractivity contribution in [2.75, 3.05) is 5.32 Å². The summed E-state index contributed by atoms with van der Waals surface area (Å²) in [6.45, 7) is 4.68. The molecule has 0 bridgehead atoms. The molecule has 0 fully saturated rings. The average molecular weight is 404 g/mol. The molecule has 3 heterocycles. The minimum absolute atomic E-state index is 0.174. The molecular formula is C22H19BF2N4O. The molecule has 0 aliphatic heterocycles. The Kier molecular flexibility index (Phi) is 5.17. The number of fused-ring (bicyclic) bond motifs is 1. The maximum Gasteiger partial charge on any atom is 0.322 e. The summed E-state index contributed by atoms with van der Waals surface area (Å²) in [5.41, 5.74) is 4.60. The van der Waals surface area contributed by atoms with Gasteiger partial charge in [-0.15, -0.1) is 0 Å². The molecular weight excluding hydrogens is 385 g/mol. The van der Waals surface area contributed by atoms with Crippen molar-refractivity contribution in [2.24, 2.45) is 0 Å². The predicted molar refractivity (Wildman–Crippen MR) is 115 cm³/mol. The van der Waals surface area contributed by atoms with Gasteiger partial charge < -0.3 is 10.3 Å². The fourth-order valence-electron chi connectivity index (χ4n) is 3.38. The molecule has 0 amide bonds. The summed E-state index contributed by atoms with van der Waals surface area (Å²) in [6.07, 6.45) is 4.81. The minimum atomic E-state index is -0.716. The van der Waals surface area contributed by atoms with Crippen LogP contribution in [0.1, 0.15) is 11.1 Å². The van der Waals surface area contributed by atoms with Crippen molar-refractivity contribution in [3.63, 3.8) is 0 Å². The van der Waals surface area contributed by atoms with E-state index in [1.165, 1.54) is 6.07 Å². The summed E-state index contributed by atoms with van der Waals surface area (Å²) in [4.78, 5) is 13.0. The van der Waals surface area contributed by atoms with Gasteiger partial charge in [0.05, 0.1) is 39.9 Å². The quantitative estimate of drug-likeness (QED) is 0.500. The number of hydrogen-bond donors (Lipinski definition) is 2. The number of aryl methyl sites for hydroxylation is 1. The van der Waals surface area contributed by atoms with Crippen LogP contribution in [0, 0.1) is 25.5 Å². The molecule has 4 aromatic rings. The van der Waals surface area contributed by atoms with Crippen molar-refractivity contribution in [3.8, 4) is 11.4 Å². The first-order valence-corrected chi connectivity index (χ1v) is 9.46. The minimum Gasteiger partial charge on any atom is -0.446 e. The monoisotopic (exact) mass is 404 g/mol. The zero-order chi connectivity index (χ0) is 21.4. The van der Waals surface area contributed by atoms with Crippen LogP contribution >= 0.6 is 0 Å². The van der Waals surface area contributed by atoms with Gasteiger partial charge >= 0.3 is 6.92 Å². The summed E-state index contributed by atoms with van der Waals surface area (Å²) in [5, 5.41) is 13.2. The van der Waals surface area contributed by atoms with E-state index in [4.69, 9.17) is 0 Å². The van der Waals surface area contributed by atoms with Crippen LogP contribution in [0.4, 0.5) is 20.2 Å². The Morgan fingerprint density at radius 2 is 1.87 bits per heavy atom. The lowest BCUT2D eigenvalue weighted by Crippen LogP contribution is -2.26. The predicted octanol–water partition coefficient (Wildman–Crippen LogP) is 4.15. The second-order valence-electron chi connectivity index (χ2n) is 7.27. The molecule has 2 N–H and O–H groups in total. The Labute approximate surface area is 173 Å². The third kappa shape index (κ3) is 3.74. The molecule has 0 aliphatic carbocycles. The van der Waals surface area contributed by atoms with Crippen molar-refractivity contribution >= 4 is 34.7 Å². The molecule has 0 saturated carbocycles. The number of anilines is 2. The molecule has 0 saturated heterocycles. The SMILES string of the molecule is CB(O)c1cncc(Nc2c(C)c(-c3cc(C)ccn3)nc3cc(F)cc(F)c23)c1. The van der Waals surface area contributed by atoms with Crippen LogP contribution in [0.3, 0.4) is 0 Å². The van der Waals surface area contributed by atoms with Gasteiger partial charge in [-0.1, -0.05) is 6.82 Å². The van der Waals surface area contributed by atoms with E-state index in [1.54, 1.807) is 31.5 Å². The number of hydrogen-bond acceptors (Lipinski definition) is 5. The lowest BCUT2D eigenvalue weighted by Gasteiger charge is -2.17. The number of benzene rings is 1. The number of aromatic nitrogens is 3. The lowest BCUT2D eigenvalue weighted by molar-refractivity contribution is 0.591. The van der Waals surface area contributed by atoms with Gasteiger partial charge in [-0.05, 0) is 43.1 Å². The summed E-state index contributed by atoms with van der Waals surface area (Å²) in [5.74, 6) is -1.42. The van der Waals surface area contributed by atoms with Crippen LogP contribution in [-0.2, 0) is 0 Å². The largest absolute Gasteiger partial charge is 0.446 e. The molecule has 0 radical (unpaired) electrons. The van der Waals surface area contributed by atoms with Crippen molar-refractivity contribution in [1.29, 1.82) is 0 Å². The third-order valence-electron chi connectivity index (χ3n) is 4.92. The molecule has 8 heteroatoms. The fraction of sp³-hybridized carbons (Fsp3) is 0.136. The summed E-state index contributed by atoms with van der Waals surface area (Å²) in [7, 11) is 0. The van der Waals surface area contributed by atoms with Crippen molar-refractivity contribution in [1.82, 2.24) is 15.0 Å². The second kappa shape index (κ2) is 7.80. The highest BCUT2D eigenvalue weighted by Gasteiger charge is 2.19. The van der Waals surface area contributed by atoms with E-state index in [1.807, 2.05) is 26.0 Å². The van der Waals surface area contributed by atoms with E-state index in [0.717, 1.165) is 11.6 Å². The topological polar surface area (TPSA) is 70.9 Å². The van der Waals surface area contributed by atoms with Crippen LogP contribution in [0.2, 0.25) is 6.82 Å². The van der Waals surface area contributed by atoms with Crippen LogP contribution in [0.5, 0.6) is 0 Å². The van der Waals surface area contributed by atoms with Crippen LogP contribution in [0.15, 0.2) is 48.9 Å². The van der Waals surface area contributed by atoms with Crippen LogP contribution in [0.25, 0.3) is 22.3 Å². The van der Waals surface area contributed by atoms with Gasteiger partial charge in [0.25, 0.3) is 0 Å². The highest BCUT2D eigenvalue weighted by molar-refractivity contribution is 6.64. The second-order valence-corrected chi connectivity index (χ2v) is 7.27. The average Bonchev–Trinajstić information content (AvgIpc) is 2.69. The van der Waals surface area contributed by atoms with E-state index in [9.17, 15) is 13.8 Å². The molecule has 30 heavy (non-hydrogen) atoms. The van der Waals surface area contributed by atoms with Crippen molar-refractivity contribution in [2.45, 2.75) is 20.7 Å². The molecule has 0 spiro atoms. The Bertz CT molecular complexity index is 1260. The smallest absolute Gasteiger partial charge is 0.322 e. The summed E-state index contributed by atoms with van der Waals surface area (Å²) < 4.78 is 28.7. The van der Waals surface area contributed by atoms with Gasteiger partial charge in [-0.2, -0.15) is 0 Å². The molecule has 4 rings (SSSR count). The number of halogens is 2. The third-order valence-corrected chi connectivity index (χ3v) is 4.92.